The molecule has 0 saturated carbocycles. The average molecular weight is 265 g/mol. The molecule has 1 fully saturated rings. The molecule has 0 radical (unpaired) electrons. The number of nitrogens with two attached hydrogens (primary N) is 1. The lowest BCUT2D eigenvalue weighted by molar-refractivity contribution is 0.185. The molecular weight excluding hydrogens is 245 g/mol. The van der Waals surface area contributed by atoms with Gasteiger partial charge in [0.1, 0.15) is 5.82 Å². The highest BCUT2D eigenvalue weighted by Gasteiger charge is 2.37. The third kappa shape index (κ3) is 2.42. The van der Waals surface area contributed by atoms with Crippen LogP contribution < -0.4 is 5.73 Å². The number of halogens is 1. The summed E-state index contributed by atoms with van der Waals surface area (Å²) in [5.41, 5.74) is 7.19. The van der Waals surface area contributed by atoms with Crippen molar-refractivity contribution in [3.8, 4) is 0 Å². The zero-order valence-corrected chi connectivity index (χ0v) is 11.6. The van der Waals surface area contributed by atoms with Gasteiger partial charge < -0.3 is 15.5 Å². The molecule has 1 heterocycles. The van der Waals surface area contributed by atoms with Gasteiger partial charge in [0.05, 0.1) is 6.04 Å². The molecule has 0 spiro atoms. The molecule has 104 valence electrons. The first kappa shape index (κ1) is 13.8. The van der Waals surface area contributed by atoms with Gasteiger partial charge in [0.2, 0.25) is 0 Å². The van der Waals surface area contributed by atoms with Crippen molar-refractivity contribution in [2.45, 2.75) is 25.9 Å². The Morgan fingerprint density at radius 3 is 2.79 bits per heavy atom. The van der Waals surface area contributed by atoms with Gasteiger partial charge >= 0.3 is 6.03 Å². The minimum atomic E-state index is -0.220. The molecule has 19 heavy (non-hydrogen) atoms. The van der Waals surface area contributed by atoms with Gasteiger partial charge in [-0.25, -0.2) is 9.18 Å². The third-order valence-electron chi connectivity index (χ3n) is 3.82. The van der Waals surface area contributed by atoms with Crippen molar-refractivity contribution < 1.29 is 9.18 Å². The van der Waals surface area contributed by atoms with Crippen molar-refractivity contribution in [3.63, 3.8) is 0 Å². The monoisotopic (exact) mass is 265 g/mol. The molecule has 1 aliphatic rings. The Bertz CT molecular complexity index is 492. The molecule has 0 bridgehead atoms. The molecule has 0 aromatic heterocycles. The van der Waals surface area contributed by atoms with E-state index < -0.39 is 0 Å². The molecule has 1 aliphatic heterocycles. The van der Waals surface area contributed by atoms with Crippen molar-refractivity contribution in [3.05, 3.63) is 35.1 Å². The van der Waals surface area contributed by atoms with E-state index in [1.165, 1.54) is 6.07 Å². The highest BCUT2D eigenvalue weighted by atomic mass is 19.1. The normalized spacial score (nSPS) is 21.1. The topological polar surface area (TPSA) is 49.6 Å². The maximum Gasteiger partial charge on any atom is 0.320 e. The van der Waals surface area contributed by atoms with Crippen LogP contribution in [-0.2, 0) is 0 Å². The maximum absolute atomic E-state index is 13.3. The van der Waals surface area contributed by atoms with Gasteiger partial charge in [-0.15, -0.1) is 0 Å². The second-order valence-corrected chi connectivity index (χ2v) is 5.15. The number of carbonyl (C=O) groups is 1. The Balaban J connectivity index is 2.26. The summed E-state index contributed by atoms with van der Waals surface area (Å²) in [6.07, 6.45) is 0. The van der Waals surface area contributed by atoms with E-state index >= 15 is 0 Å². The molecule has 2 unspecified atom stereocenters. The van der Waals surface area contributed by atoms with Gasteiger partial charge in [-0.2, -0.15) is 0 Å². The molecule has 5 heteroatoms. The Morgan fingerprint density at radius 2 is 2.21 bits per heavy atom. The van der Waals surface area contributed by atoms with Crippen LogP contribution >= 0.6 is 0 Å². The van der Waals surface area contributed by atoms with Crippen LogP contribution in [0.4, 0.5) is 9.18 Å². The molecule has 0 aliphatic carbocycles. The van der Waals surface area contributed by atoms with Crippen LogP contribution in [0.1, 0.15) is 24.1 Å². The molecule has 1 aromatic rings. The first-order valence-electron chi connectivity index (χ1n) is 6.45. The van der Waals surface area contributed by atoms with Gasteiger partial charge in [0.25, 0.3) is 0 Å². The van der Waals surface area contributed by atoms with Gasteiger partial charge in [0, 0.05) is 26.2 Å². The van der Waals surface area contributed by atoms with Crippen LogP contribution in [0.3, 0.4) is 0 Å². The van der Waals surface area contributed by atoms with Gasteiger partial charge in [-0.1, -0.05) is 12.1 Å². The van der Waals surface area contributed by atoms with Crippen LogP contribution in [-0.4, -0.2) is 42.0 Å². The number of rotatable bonds is 3. The van der Waals surface area contributed by atoms with Crippen molar-refractivity contribution in [1.82, 2.24) is 9.80 Å². The lowest BCUT2D eigenvalue weighted by Gasteiger charge is -2.21. The van der Waals surface area contributed by atoms with E-state index in [9.17, 15) is 9.18 Å². The second kappa shape index (κ2) is 5.17. The number of urea groups is 1. The van der Waals surface area contributed by atoms with Crippen molar-refractivity contribution in [2.75, 3.05) is 20.1 Å². The molecule has 2 N–H and O–H groups in total. The van der Waals surface area contributed by atoms with E-state index in [1.54, 1.807) is 35.9 Å². The molecular formula is C14H20FN3O. The van der Waals surface area contributed by atoms with Gasteiger partial charge in [0.15, 0.2) is 0 Å². The largest absolute Gasteiger partial charge is 0.328 e. The number of hydrogen-bond acceptors (Lipinski definition) is 2. The minimum Gasteiger partial charge on any atom is -0.328 e. The smallest absolute Gasteiger partial charge is 0.320 e. The van der Waals surface area contributed by atoms with Crippen LogP contribution in [0.15, 0.2) is 18.2 Å². The van der Waals surface area contributed by atoms with E-state index in [0.29, 0.717) is 18.7 Å². The molecule has 1 saturated heterocycles. The number of likely N-dealkylation sites (N-methyl/N-ethyl adjacent to an activating group) is 1. The predicted molar refractivity (Wildman–Crippen MR) is 72.3 cm³/mol. The van der Waals surface area contributed by atoms with Crippen LogP contribution in [0, 0.1) is 12.7 Å². The Hall–Kier alpha value is -1.62. The van der Waals surface area contributed by atoms with Crippen molar-refractivity contribution >= 4 is 6.03 Å². The summed E-state index contributed by atoms with van der Waals surface area (Å²) in [4.78, 5) is 15.6. The maximum atomic E-state index is 13.3. The Kier molecular flexibility index (Phi) is 3.75. The summed E-state index contributed by atoms with van der Waals surface area (Å²) in [6.45, 7) is 4.70. The number of aryl methyl sites for hydroxylation is 1. The summed E-state index contributed by atoms with van der Waals surface area (Å²) < 4.78 is 13.3. The van der Waals surface area contributed by atoms with E-state index in [1.807, 2.05) is 6.92 Å². The fourth-order valence-corrected chi connectivity index (χ4v) is 2.42. The van der Waals surface area contributed by atoms with Gasteiger partial charge in [-0.05, 0) is 31.0 Å². The lowest BCUT2D eigenvalue weighted by Crippen LogP contribution is -2.40. The number of benzene rings is 1. The standard InChI is InChI=1S/C14H20FN3O/c1-9-6-11(4-5-12(9)15)13-8-18(10(2)7-16)14(19)17(13)3/h4-6,10,13H,7-8,16H2,1-3H3. The predicted octanol–water partition coefficient (Wildman–Crippen LogP) is 1.89. The number of amides is 2. The fourth-order valence-electron chi connectivity index (χ4n) is 2.42. The van der Waals surface area contributed by atoms with Crippen LogP contribution in [0.25, 0.3) is 0 Å². The number of carbonyl (C=O) groups excluding carboxylic acids is 1. The van der Waals surface area contributed by atoms with Crippen LogP contribution in [0.5, 0.6) is 0 Å². The highest BCUT2D eigenvalue weighted by molar-refractivity contribution is 5.77. The van der Waals surface area contributed by atoms with Crippen molar-refractivity contribution in [1.29, 1.82) is 0 Å². The van der Waals surface area contributed by atoms with E-state index in [2.05, 4.69) is 0 Å². The first-order chi connectivity index (χ1) is 8.95. The highest BCUT2D eigenvalue weighted by Crippen LogP contribution is 2.30. The lowest BCUT2D eigenvalue weighted by atomic mass is 10.0. The van der Waals surface area contributed by atoms with Gasteiger partial charge in [-0.3, -0.25) is 0 Å². The Labute approximate surface area is 113 Å². The first-order valence-corrected chi connectivity index (χ1v) is 6.45. The minimum absolute atomic E-state index is 0.0153. The SMILES string of the molecule is Cc1cc(C2CN(C(C)CN)C(=O)N2C)ccc1F. The quantitative estimate of drug-likeness (QED) is 0.907. The fraction of sp³-hybridized carbons (Fsp3) is 0.500. The molecule has 2 atom stereocenters. The molecule has 1 aromatic carbocycles. The summed E-state index contributed by atoms with van der Waals surface area (Å²) in [5, 5.41) is 0. The summed E-state index contributed by atoms with van der Waals surface area (Å²) in [5.74, 6) is -0.220. The molecule has 2 rings (SSSR count). The second-order valence-electron chi connectivity index (χ2n) is 5.15. The number of nitrogens with zero attached hydrogens (tertiary/aromatic N) is 2. The average Bonchev–Trinajstić information content (AvgIpc) is 2.69. The number of hydrogen-bond donors (Lipinski definition) is 1. The zero-order valence-electron chi connectivity index (χ0n) is 11.6. The zero-order chi connectivity index (χ0) is 14.2. The molecule has 2 amide bonds. The Morgan fingerprint density at radius 1 is 1.53 bits per heavy atom. The third-order valence-corrected chi connectivity index (χ3v) is 3.82. The summed E-state index contributed by atoms with van der Waals surface area (Å²) in [7, 11) is 1.77. The summed E-state index contributed by atoms with van der Waals surface area (Å²) >= 11 is 0. The van der Waals surface area contributed by atoms with Crippen molar-refractivity contribution in [2.24, 2.45) is 5.73 Å². The van der Waals surface area contributed by atoms with Crippen LogP contribution in [0.2, 0.25) is 0 Å². The van der Waals surface area contributed by atoms with E-state index in [4.69, 9.17) is 5.73 Å². The van der Waals surface area contributed by atoms with E-state index in [0.717, 1.165) is 5.56 Å². The summed E-state index contributed by atoms with van der Waals surface area (Å²) in [6, 6.07) is 4.96. The van der Waals surface area contributed by atoms with E-state index in [-0.39, 0.29) is 23.9 Å². The molecule has 4 nitrogen and oxygen atoms in total.